The van der Waals surface area contributed by atoms with Gasteiger partial charge in [-0.3, -0.25) is 19.4 Å². The van der Waals surface area contributed by atoms with Crippen LogP contribution in [0.25, 0.3) is 10.9 Å². The highest BCUT2D eigenvalue weighted by Crippen LogP contribution is 2.25. The standard InChI is InChI=1S/C26H27FN4O5/c1-16-12-21(20-13-17(27)4-7-22(20)30-16)26(34)31-10-3-8-29-25(33)19-6-5-18(35-2)14-23(19)36-11-9-28-24(32)15-31/h4-7,12-14H,3,8-11,15H2,1-2H3,(H,28,32)(H,29,33). The number of aryl methyl sites for hydroxylation is 1. The van der Waals surface area contributed by atoms with Gasteiger partial charge in [-0.25, -0.2) is 4.39 Å². The van der Waals surface area contributed by atoms with Gasteiger partial charge in [-0.2, -0.15) is 0 Å². The number of rotatable bonds is 2. The molecule has 10 heteroatoms. The Hall–Kier alpha value is -4.21. The molecule has 0 radical (unpaired) electrons. The Morgan fingerprint density at radius 2 is 1.94 bits per heavy atom. The smallest absolute Gasteiger partial charge is 0.255 e. The van der Waals surface area contributed by atoms with Gasteiger partial charge in [-0.05, 0) is 49.7 Å². The second-order valence-electron chi connectivity index (χ2n) is 8.37. The second-order valence-corrected chi connectivity index (χ2v) is 8.37. The summed E-state index contributed by atoms with van der Waals surface area (Å²) in [6.45, 7) is 2.30. The Morgan fingerprint density at radius 3 is 2.75 bits per heavy atom. The normalized spacial score (nSPS) is 15.2. The van der Waals surface area contributed by atoms with Crippen LogP contribution in [0, 0.1) is 12.7 Å². The molecule has 0 aliphatic carbocycles. The van der Waals surface area contributed by atoms with Crippen LogP contribution < -0.4 is 20.1 Å². The number of amides is 3. The van der Waals surface area contributed by atoms with Gasteiger partial charge in [0.25, 0.3) is 11.8 Å². The zero-order valence-corrected chi connectivity index (χ0v) is 20.1. The largest absolute Gasteiger partial charge is 0.497 e. The fourth-order valence-corrected chi connectivity index (χ4v) is 4.01. The quantitative estimate of drug-likeness (QED) is 0.567. The van der Waals surface area contributed by atoms with E-state index in [4.69, 9.17) is 9.47 Å². The number of halogens is 1. The van der Waals surface area contributed by atoms with Crippen molar-refractivity contribution in [1.29, 1.82) is 0 Å². The Morgan fingerprint density at radius 1 is 1.11 bits per heavy atom. The Labute approximate surface area is 207 Å². The van der Waals surface area contributed by atoms with E-state index in [2.05, 4.69) is 15.6 Å². The summed E-state index contributed by atoms with van der Waals surface area (Å²) >= 11 is 0. The number of ether oxygens (including phenoxy) is 2. The van der Waals surface area contributed by atoms with E-state index >= 15 is 0 Å². The van der Waals surface area contributed by atoms with Crippen LogP contribution in [0.15, 0.2) is 42.5 Å². The van der Waals surface area contributed by atoms with Crippen molar-refractivity contribution in [3.05, 3.63) is 65.1 Å². The summed E-state index contributed by atoms with van der Waals surface area (Å²) < 4.78 is 24.9. The fraction of sp³-hybridized carbons (Fsp3) is 0.308. The highest BCUT2D eigenvalue weighted by molar-refractivity contribution is 6.07. The Bertz CT molecular complexity index is 1310. The van der Waals surface area contributed by atoms with E-state index in [0.717, 1.165) is 0 Å². The molecule has 0 saturated carbocycles. The highest BCUT2D eigenvalue weighted by atomic mass is 19.1. The maximum absolute atomic E-state index is 14.0. The van der Waals surface area contributed by atoms with E-state index in [1.54, 1.807) is 31.2 Å². The second kappa shape index (κ2) is 11.0. The first-order chi connectivity index (χ1) is 17.4. The molecule has 0 bridgehead atoms. The molecular formula is C26H27FN4O5. The van der Waals surface area contributed by atoms with Gasteiger partial charge in [0.2, 0.25) is 5.91 Å². The first-order valence-corrected chi connectivity index (χ1v) is 11.6. The minimum atomic E-state index is -0.485. The monoisotopic (exact) mass is 494 g/mol. The van der Waals surface area contributed by atoms with Gasteiger partial charge in [0, 0.05) is 30.2 Å². The number of nitrogens with zero attached hydrogens (tertiary/aromatic N) is 2. The Balaban J connectivity index is 1.57. The fourth-order valence-electron chi connectivity index (χ4n) is 4.01. The third kappa shape index (κ3) is 5.70. The van der Waals surface area contributed by atoms with E-state index in [1.807, 2.05) is 0 Å². The molecule has 2 heterocycles. The summed E-state index contributed by atoms with van der Waals surface area (Å²) in [4.78, 5) is 44.7. The van der Waals surface area contributed by atoms with Gasteiger partial charge in [0.15, 0.2) is 0 Å². The van der Waals surface area contributed by atoms with Gasteiger partial charge in [-0.1, -0.05) is 0 Å². The van der Waals surface area contributed by atoms with Crippen molar-refractivity contribution in [3.8, 4) is 11.5 Å². The summed E-state index contributed by atoms with van der Waals surface area (Å²) in [6.07, 6.45) is 0.396. The van der Waals surface area contributed by atoms with Crippen LogP contribution in [0.5, 0.6) is 11.5 Å². The number of hydrogen-bond donors (Lipinski definition) is 2. The molecule has 1 aromatic heterocycles. The SMILES string of the molecule is COc1ccc2c(c1)OCCNC(=O)CN(C(=O)c1cc(C)nc3ccc(F)cc13)CCCNC2=O. The van der Waals surface area contributed by atoms with Crippen LogP contribution in [0.4, 0.5) is 4.39 Å². The number of fused-ring (bicyclic) bond motifs is 2. The zero-order valence-electron chi connectivity index (χ0n) is 20.1. The molecule has 0 atom stereocenters. The molecule has 1 aliphatic rings. The predicted molar refractivity (Wildman–Crippen MR) is 131 cm³/mol. The topological polar surface area (TPSA) is 110 Å². The molecule has 3 aromatic rings. The van der Waals surface area contributed by atoms with Crippen molar-refractivity contribution in [1.82, 2.24) is 20.5 Å². The van der Waals surface area contributed by atoms with E-state index in [0.29, 0.717) is 40.1 Å². The highest BCUT2D eigenvalue weighted by Gasteiger charge is 2.22. The molecule has 0 fully saturated rings. The average molecular weight is 495 g/mol. The van der Waals surface area contributed by atoms with E-state index < -0.39 is 11.7 Å². The molecule has 9 nitrogen and oxygen atoms in total. The summed E-state index contributed by atoms with van der Waals surface area (Å²) in [5.74, 6) is -0.695. The maximum Gasteiger partial charge on any atom is 0.255 e. The lowest BCUT2D eigenvalue weighted by Crippen LogP contribution is -2.43. The van der Waals surface area contributed by atoms with Crippen molar-refractivity contribution in [2.75, 3.05) is 39.9 Å². The molecule has 0 spiro atoms. The van der Waals surface area contributed by atoms with Gasteiger partial charge >= 0.3 is 0 Å². The van der Waals surface area contributed by atoms with Crippen LogP contribution in [0.1, 0.15) is 32.8 Å². The van der Waals surface area contributed by atoms with Gasteiger partial charge < -0.3 is 25.0 Å². The molecule has 188 valence electrons. The first-order valence-electron chi connectivity index (χ1n) is 11.6. The van der Waals surface area contributed by atoms with Crippen molar-refractivity contribution in [2.45, 2.75) is 13.3 Å². The van der Waals surface area contributed by atoms with E-state index in [9.17, 15) is 18.8 Å². The zero-order chi connectivity index (χ0) is 25.7. The Kier molecular flexibility index (Phi) is 7.62. The van der Waals surface area contributed by atoms with Crippen LogP contribution in [0.3, 0.4) is 0 Å². The lowest BCUT2D eigenvalue weighted by molar-refractivity contribution is -0.121. The van der Waals surface area contributed by atoms with Crippen LogP contribution in [0.2, 0.25) is 0 Å². The van der Waals surface area contributed by atoms with Crippen molar-refractivity contribution in [3.63, 3.8) is 0 Å². The van der Waals surface area contributed by atoms with Gasteiger partial charge in [0.1, 0.15) is 23.9 Å². The summed E-state index contributed by atoms with van der Waals surface area (Å²) in [7, 11) is 1.52. The average Bonchev–Trinajstić information content (AvgIpc) is 2.87. The summed E-state index contributed by atoms with van der Waals surface area (Å²) in [5, 5.41) is 5.94. The van der Waals surface area contributed by atoms with Gasteiger partial charge in [-0.15, -0.1) is 0 Å². The van der Waals surface area contributed by atoms with Gasteiger partial charge in [0.05, 0.1) is 36.8 Å². The lowest BCUT2D eigenvalue weighted by Gasteiger charge is -2.24. The molecule has 4 rings (SSSR count). The number of methoxy groups -OCH3 is 1. The molecule has 1 aliphatic heterocycles. The third-order valence-electron chi connectivity index (χ3n) is 5.76. The minimum absolute atomic E-state index is 0.112. The van der Waals surface area contributed by atoms with Crippen LogP contribution >= 0.6 is 0 Å². The summed E-state index contributed by atoms with van der Waals surface area (Å²) in [5.41, 5.74) is 1.70. The molecule has 2 N–H and O–H groups in total. The lowest BCUT2D eigenvalue weighted by atomic mass is 10.1. The molecule has 0 unspecified atom stereocenters. The molecule has 3 amide bonds. The molecule has 0 saturated heterocycles. The number of benzene rings is 2. The van der Waals surface area contributed by atoms with E-state index in [1.165, 1.54) is 30.2 Å². The van der Waals surface area contributed by atoms with Crippen molar-refractivity contribution in [2.24, 2.45) is 0 Å². The molecular weight excluding hydrogens is 467 g/mol. The number of pyridine rings is 1. The third-order valence-corrected chi connectivity index (χ3v) is 5.76. The molecule has 2 aromatic carbocycles. The van der Waals surface area contributed by atoms with E-state index in [-0.39, 0.29) is 50.2 Å². The van der Waals surface area contributed by atoms with Crippen molar-refractivity contribution >= 4 is 28.6 Å². The molecule has 36 heavy (non-hydrogen) atoms. The minimum Gasteiger partial charge on any atom is -0.497 e. The number of hydrogen-bond acceptors (Lipinski definition) is 6. The summed E-state index contributed by atoms with van der Waals surface area (Å²) in [6, 6.07) is 10.6. The van der Waals surface area contributed by atoms with Crippen molar-refractivity contribution < 1.29 is 28.2 Å². The van der Waals surface area contributed by atoms with Crippen LogP contribution in [-0.2, 0) is 4.79 Å². The number of carbonyl (C=O) groups is 3. The first kappa shape index (κ1) is 24.9. The predicted octanol–water partition coefficient (Wildman–Crippen LogP) is 2.46. The number of aromatic nitrogens is 1. The number of carbonyl (C=O) groups excluding carboxylic acids is 3. The number of nitrogens with one attached hydrogen (secondary N) is 2. The van der Waals surface area contributed by atoms with Crippen LogP contribution in [-0.4, -0.2) is 67.5 Å². The maximum atomic E-state index is 14.0.